The second kappa shape index (κ2) is 8.04. The van der Waals surface area contributed by atoms with Crippen molar-refractivity contribution >= 4 is 0 Å². The van der Waals surface area contributed by atoms with Crippen LogP contribution in [0.5, 0.6) is 5.75 Å². The Labute approximate surface area is 126 Å². The fourth-order valence-electron chi connectivity index (χ4n) is 2.57. The Morgan fingerprint density at radius 2 is 2.33 bits per heavy atom. The minimum atomic E-state index is -0.144. The highest BCUT2D eigenvalue weighted by Crippen LogP contribution is 2.20. The molecule has 4 heteroatoms. The molecular formula is C17H23NO3. The molecule has 1 saturated heterocycles. The Morgan fingerprint density at radius 3 is 3.10 bits per heavy atom. The molecule has 114 valence electrons. The Hall–Kier alpha value is -1.54. The average molecular weight is 289 g/mol. The van der Waals surface area contributed by atoms with Gasteiger partial charge in [-0.2, -0.15) is 0 Å². The summed E-state index contributed by atoms with van der Waals surface area (Å²) in [5.74, 6) is 6.37. The van der Waals surface area contributed by atoms with Crippen molar-refractivity contribution in [1.29, 1.82) is 0 Å². The highest BCUT2D eigenvalue weighted by molar-refractivity contribution is 5.48. The summed E-state index contributed by atoms with van der Waals surface area (Å²) in [6, 6.07) is 6.05. The number of nitrogens with zero attached hydrogens (tertiary/aromatic N) is 1. The summed E-state index contributed by atoms with van der Waals surface area (Å²) < 4.78 is 11.0. The van der Waals surface area contributed by atoms with Gasteiger partial charge in [-0.3, -0.25) is 4.90 Å². The van der Waals surface area contributed by atoms with E-state index < -0.39 is 0 Å². The molecule has 1 aromatic carbocycles. The minimum absolute atomic E-state index is 0.144. The smallest absolute Gasteiger partial charge is 0.134 e. The second-order valence-corrected chi connectivity index (χ2v) is 5.26. The topological polar surface area (TPSA) is 41.9 Å². The maximum absolute atomic E-state index is 8.85. The Morgan fingerprint density at radius 1 is 1.48 bits per heavy atom. The third-order valence-corrected chi connectivity index (χ3v) is 3.51. The maximum Gasteiger partial charge on any atom is 0.134 e. The molecule has 0 aromatic heterocycles. The van der Waals surface area contributed by atoms with E-state index in [2.05, 4.69) is 29.7 Å². The van der Waals surface area contributed by atoms with Crippen LogP contribution in [0.4, 0.5) is 0 Å². The van der Waals surface area contributed by atoms with Gasteiger partial charge in [0, 0.05) is 26.2 Å². The van der Waals surface area contributed by atoms with Gasteiger partial charge in [-0.1, -0.05) is 17.9 Å². The van der Waals surface area contributed by atoms with E-state index in [9.17, 15) is 0 Å². The van der Waals surface area contributed by atoms with Gasteiger partial charge in [0.05, 0.1) is 18.8 Å². The quantitative estimate of drug-likeness (QED) is 0.859. The molecule has 1 atom stereocenters. The summed E-state index contributed by atoms with van der Waals surface area (Å²) in [7, 11) is 1.63. The van der Waals surface area contributed by atoms with Gasteiger partial charge in [-0.15, -0.1) is 0 Å². The molecule has 1 aliphatic heterocycles. The van der Waals surface area contributed by atoms with Gasteiger partial charge in [0.15, 0.2) is 0 Å². The van der Waals surface area contributed by atoms with E-state index >= 15 is 0 Å². The maximum atomic E-state index is 8.85. The van der Waals surface area contributed by atoms with Gasteiger partial charge in [0.25, 0.3) is 0 Å². The molecular weight excluding hydrogens is 266 g/mol. The number of hydrogen-bond donors (Lipinski definition) is 1. The Balaban J connectivity index is 2.12. The van der Waals surface area contributed by atoms with Crippen molar-refractivity contribution in [1.82, 2.24) is 4.90 Å². The molecule has 0 spiro atoms. The number of hydrogen-bond acceptors (Lipinski definition) is 4. The third kappa shape index (κ3) is 4.75. The van der Waals surface area contributed by atoms with Gasteiger partial charge in [0.1, 0.15) is 12.4 Å². The Bertz CT molecular complexity index is 519. The van der Waals surface area contributed by atoms with Crippen LogP contribution in [0.2, 0.25) is 0 Å². The third-order valence-electron chi connectivity index (χ3n) is 3.51. The molecule has 21 heavy (non-hydrogen) atoms. The van der Waals surface area contributed by atoms with Crippen LogP contribution in [0, 0.1) is 11.8 Å². The van der Waals surface area contributed by atoms with Crippen molar-refractivity contribution in [3.8, 4) is 17.6 Å². The number of methoxy groups -OCH3 is 1. The van der Waals surface area contributed by atoms with Crippen LogP contribution in [0.3, 0.4) is 0 Å². The van der Waals surface area contributed by atoms with Crippen molar-refractivity contribution < 1.29 is 14.6 Å². The van der Waals surface area contributed by atoms with Crippen molar-refractivity contribution in [2.45, 2.75) is 26.0 Å². The fourth-order valence-corrected chi connectivity index (χ4v) is 2.57. The molecule has 1 aromatic rings. The van der Waals surface area contributed by atoms with E-state index in [0.717, 1.165) is 44.0 Å². The lowest BCUT2D eigenvalue weighted by Crippen LogP contribution is -2.29. The highest BCUT2D eigenvalue weighted by Gasteiger charge is 2.15. The number of aliphatic hydroxyl groups excluding tert-OH is 1. The zero-order valence-electron chi connectivity index (χ0n) is 12.8. The molecule has 0 radical (unpaired) electrons. The summed E-state index contributed by atoms with van der Waals surface area (Å²) in [6.45, 7) is 5.69. The molecule has 1 unspecified atom stereocenters. The SMILES string of the molecule is COc1ccc(CN2CCCOC(C)C2)cc1C#CCO. The van der Waals surface area contributed by atoms with Crippen LogP contribution in [0.15, 0.2) is 18.2 Å². The lowest BCUT2D eigenvalue weighted by atomic mass is 10.1. The molecule has 0 aliphatic carbocycles. The van der Waals surface area contributed by atoms with E-state index in [0.29, 0.717) is 0 Å². The van der Waals surface area contributed by atoms with E-state index in [1.54, 1.807) is 7.11 Å². The highest BCUT2D eigenvalue weighted by atomic mass is 16.5. The van der Waals surface area contributed by atoms with Crippen LogP contribution in [-0.4, -0.2) is 49.5 Å². The molecule has 2 rings (SSSR count). The monoisotopic (exact) mass is 289 g/mol. The largest absolute Gasteiger partial charge is 0.495 e. The summed E-state index contributed by atoms with van der Waals surface area (Å²) in [5.41, 5.74) is 2.02. The fraction of sp³-hybridized carbons (Fsp3) is 0.529. The number of rotatable bonds is 3. The number of ether oxygens (including phenoxy) is 2. The molecule has 0 saturated carbocycles. The standard InChI is InChI=1S/C17H23NO3/c1-14-12-18(8-4-10-21-14)13-15-6-7-17(20-2)16(11-15)5-3-9-19/h6-7,11,14,19H,4,8-10,12-13H2,1-2H3. The minimum Gasteiger partial charge on any atom is -0.495 e. The predicted molar refractivity (Wildman–Crippen MR) is 82.3 cm³/mol. The first-order chi connectivity index (χ1) is 10.2. The summed E-state index contributed by atoms with van der Waals surface area (Å²) in [5, 5.41) is 8.85. The van der Waals surface area contributed by atoms with Gasteiger partial charge in [-0.25, -0.2) is 0 Å². The van der Waals surface area contributed by atoms with E-state index in [4.69, 9.17) is 14.6 Å². The average Bonchev–Trinajstić information content (AvgIpc) is 2.69. The molecule has 1 fully saturated rings. The van der Waals surface area contributed by atoms with Gasteiger partial charge in [0.2, 0.25) is 0 Å². The first kappa shape index (κ1) is 15.8. The van der Waals surface area contributed by atoms with Crippen LogP contribution >= 0.6 is 0 Å². The first-order valence-corrected chi connectivity index (χ1v) is 7.33. The van der Waals surface area contributed by atoms with Gasteiger partial charge >= 0.3 is 0 Å². The second-order valence-electron chi connectivity index (χ2n) is 5.26. The molecule has 0 bridgehead atoms. The normalized spacial score (nSPS) is 19.5. The van der Waals surface area contributed by atoms with Crippen LogP contribution < -0.4 is 4.74 Å². The molecule has 1 heterocycles. The van der Waals surface area contributed by atoms with Crippen molar-refractivity contribution in [3.63, 3.8) is 0 Å². The van der Waals surface area contributed by atoms with Crippen LogP contribution in [0.25, 0.3) is 0 Å². The lowest BCUT2D eigenvalue weighted by Gasteiger charge is -2.22. The zero-order valence-corrected chi connectivity index (χ0v) is 12.8. The molecule has 1 aliphatic rings. The van der Waals surface area contributed by atoms with Gasteiger partial charge in [-0.05, 0) is 31.0 Å². The van der Waals surface area contributed by atoms with Gasteiger partial charge < -0.3 is 14.6 Å². The molecule has 0 amide bonds. The van der Waals surface area contributed by atoms with Crippen LogP contribution in [0.1, 0.15) is 24.5 Å². The molecule has 1 N–H and O–H groups in total. The molecule has 4 nitrogen and oxygen atoms in total. The lowest BCUT2D eigenvalue weighted by molar-refractivity contribution is 0.0668. The summed E-state index contributed by atoms with van der Waals surface area (Å²) in [4.78, 5) is 2.41. The van der Waals surface area contributed by atoms with Crippen LogP contribution in [-0.2, 0) is 11.3 Å². The van der Waals surface area contributed by atoms with Crippen molar-refractivity contribution in [2.24, 2.45) is 0 Å². The Kier molecular flexibility index (Phi) is 6.06. The van der Waals surface area contributed by atoms with E-state index in [1.807, 2.05) is 12.1 Å². The van der Waals surface area contributed by atoms with Crippen molar-refractivity contribution in [3.05, 3.63) is 29.3 Å². The van der Waals surface area contributed by atoms with Crippen molar-refractivity contribution in [2.75, 3.05) is 33.4 Å². The number of benzene rings is 1. The first-order valence-electron chi connectivity index (χ1n) is 7.33. The number of aliphatic hydroxyl groups is 1. The van der Waals surface area contributed by atoms with E-state index in [1.165, 1.54) is 5.56 Å². The predicted octanol–water partition coefficient (Wildman–Crippen LogP) is 1.65. The van der Waals surface area contributed by atoms with E-state index in [-0.39, 0.29) is 12.7 Å². The summed E-state index contributed by atoms with van der Waals surface area (Å²) in [6.07, 6.45) is 1.34. The zero-order chi connectivity index (χ0) is 15.1. The summed E-state index contributed by atoms with van der Waals surface area (Å²) >= 11 is 0.